The van der Waals surface area contributed by atoms with Gasteiger partial charge in [0.25, 0.3) is 5.92 Å². The lowest BCUT2D eigenvalue weighted by Crippen LogP contribution is -2.49. The lowest BCUT2D eigenvalue weighted by Gasteiger charge is -2.38. The minimum absolute atomic E-state index is 0.0817. The van der Waals surface area contributed by atoms with Crippen molar-refractivity contribution in [3.05, 3.63) is 89.6 Å². The average Bonchev–Trinajstić information content (AvgIpc) is 3.40. The van der Waals surface area contributed by atoms with Crippen molar-refractivity contribution < 1.29 is 23.0 Å². The molecule has 10 nitrogen and oxygen atoms in total. The maximum Gasteiger partial charge on any atom is 0.410 e. The Morgan fingerprint density at radius 3 is 2.41 bits per heavy atom. The third-order valence-corrected chi connectivity index (χ3v) is 9.22. The molecule has 4 heterocycles. The number of amides is 1. The van der Waals surface area contributed by atoms with Gasteiger partial charge in [-0.05, 0) is 30.5 Å². The molecule has 3 aliphatic heterocycles. The molecule has 0 aliphatic carbocycles. The van der Waals surface area contributed by atoms with Crippen LogP contribution in [0.2, 0.25) is 0 Å². The highest BCUT2D eigenvalue weighted by molar-refractivity contribution is 5.94. The number of rotatable bonds is 7. The van der Waals surface area contributed by atoms with Gasteiger partial charge in [0.15, 0.2) is 0 Å². The second kappa shape index (κ2) is 15.0. The molecule has 256 valence electrons. The van der Waals surface area contributed by atoms with Crippen molar-refractivity contribution in [2.45, 2.75) is 44.9 Å². The van der Waals surface area contributed by atoms with Crippen LogP contribution in [0.25, 0.3) is 10.8 Å². The normalized spacial score (nSPS) is 18.7. The highest BCUT2D eigenvalue weighted by atomic mass is 19.3. The van der Waals surface area contributed by atoms with Gasteiger partial charge >= 0.3 is 12.1 Å². The number of likely N-dealkylation sites (N-methyl/N-ethyl adjacent to an activating group) is 1. The fraction of sp³-hybridized carbons (Fsp3) is 0.405. The van der Waals surface area contributed by atoms with Crippen LogP contribution in [0.1, 0.15) is 30.2 Å². The Hall–Kier alpha value is -5.02. The van der Waals surface area contributed by atoms with Gasteiger partial charge in [-0.25, -0.2) is 13.6 Å². The van der Waals surface area contributed by atoms with Crippen LogP contribution < -0.4 is 14.5 Å². The Balaban J connectivity index is 0.00000134. The van der Waals surface area contributed by atoms with E-state index in [1.807, 2.05) is 36.4 Å². The fourth-order valence-electron chi connectivity index (χ4n) is 6.73. The zero-order valence-electron chi connectivity index (χ0n) is 27.9. The molecule has 1 unspecified atom stereocenters. The summed E-state index contributed by atoms with van der Waals surface area (Å²) in [6.07, 6.45) is 0.157. The van der Waals surface area contributed by atoms with E-state index in [0.29, 0.717) is 32.7 Å². The molecular weight excluding hydrogens is 628 g/mol. The van der Waals surface area contributed by atoms with Crippen molar-refractivity contribution in [3.8, 4) is 12.1 Å². The van der Waals surface area contributed by atoms with E-state index >= 15 is 0 Å². The van der Waals surface area contributed by atoms with Gasteiger partial charge < -0.3 is 24.2 Å². The first-order valence-corrected chi connectivity index (χ1v) is 16.6. The lowest BCUT2D eigenvalue weighted by molar-refractivity contribution is 0.0136. The molecule has 3 aromatic carbocycles. The zero-order chi connectivity index (χ0) is 34.4. The van der Waals surface area contributed by atoms with Crippen molar-refractivity contribution in [2.75, 3.05) is 62.7 Å². The Bertz CT molecular complexity index is 1790. The smallest absolute Gasteiger partial charge is 0.410 e. The Labute approximate surface area is 285 Å². The molecule has 1 amide bonds. The highest BCUT2D eigenvalue weighted by Gasteiger charge is 2.43. The van der Waals surface area contributed by atoms with Gasteiger partial charge in [-0.1, -0.05) is 66.7 Å². The van der Waals surface area contributed by atoms with Crippen LogP contribution in [-0.4, -0.2) is 90.7 Å². The van der Waals surface area contributed by atoms with Crippen LogP contribution in [0.15, 0.2) is 72.8 Å². The monoisotopic (exact) mass is 669 g/mol. The van der Waals surface area contributed by atoms with E-state index in [4.69, 9.17) is 24.7 Å². The van der Waals surface area contributed by atoms with Crippen LogP contribution in [-0.2, 0) is 24.3 Å². The molecule has 0 N–H and O–H groups in total. The molecule has 12 heteroatoms. The van der Waals surface area contributed by atoms with Gasteiger partial charge in [-0.3, -0.25) is 4.90 Å². The summed E-state index contributed by atoms with van der Waals surface area (Å²) in [5.41, 5.74) is 4.02. The molecule has 0 saturated carbocycles. The number of piperazine rings is 1. The highest BCUT2D eigenvalue weighted by Crippen LogP contribution is 2.35. The molecule has 2 fully saturated rings. The predicted molar refractivity (Wildman–Crippen MR) is 184 cm³/mol. The molecule has 0 spiro atoms. The second-order valence-electron chi connectivity index (χ2n) is 12.6. The van der Waals surface area contributed by atoms with E-state index in [2.05, 4.69) is 46.2 Å². The molecule has 1 aromatic heterocycles. The van der Waals surface area contributed by atoms with E-state index in [0.717, 1.165) is 41.3 Å². The number of hydrogen-bond acceptors (Lipinski definition) is 9. The maximum absolute atomic E-state index is 14.1. The standard InChI is InChI=1S/C35H38F2N6O3.C2H3N/c1-40-24-35(36,37)20-27(40)23-45-33-38-30-21-43(31-13-7-11-26-10-5-6-12-28(26)31)15-14-29(30)32(39-33)41-16-18-42(19-17-41)34(44)46-22-25-8-3-2-4-9-25;1-2-3/h2-13,27H,14-24H2,1H3;1H3. The average molecular weight is 670 g/mol. The van der Waals surface area contributed by atoms with Crippen LogP contribution >= 0.6 is 0 Å². The molecule has 7 rings (SSSR count). The van der Waals surface area contributed by atoms with Crippen LogP contribution in [0.5, 0.6) is 6.01 Å². The number of alkyl halides is 2. The molecule has 0 radical (unpaired) electrons. The number of carbonyl (C=O) groups is 1. The summed E-state index contributed by atoms with van der Waals surface area (Å²) in [5, 5.41) is 9.68. The molecule has 3 aliphatic rings. The number of ether oxygens (including phenoxy) is 2. The van der Waals surface area contributed by atoms with E-state index in [-0.39, 0.29) is 38.3 Å². The quantitative estimate of drug-likeness (QED) is 0.238. The number of aromatic nitrogens is 2. The van der Waals surface area contributed by atoms with Crippen LogP contribution in [0.4, 0.5) is 25.1 Å². The number of carbonyl (C=O) groups excluding carboxylic acids is 1. The largest absolute Gasteiger partial charge is 0.462 e. The van der Waals surface area contributed by atoms with Gasteiger partial charge in [-0.2, -0.15) is 15.2 Å². The number of halogens is 2. The third-order valence-electron chi connectivity index (χ3n) is 9.22. The number of nitriles is 1. The lowest BCUT2D eigenvalue weighted by atomic mass is 10.0. The van der Waals surface area contributed by atoms with Gasteiger partial charge in [0.2, 0.25) is 0 Å². The molecule has 0 bridgehead atoms. The summed E-state index contributed by atoms with van der Waals surface area (Å²) in [7, 11) is 1.69. The fourth-order valence-corrected chi connectivity index (χ4v) is 6.73. The van der Waals surface area contributed by atoms with Crippen molar-refractivity contribution >= 4 is 28.4 Å². The Morgan fingerprint density at radius 2 is 1.67 bits per heavy atom. The van der Waals surface area contributed by atoms with Gasteiger partial charge in [-0.15, -0.1) is 0 Å². The van der Waals surface area contributed by atoms with Crippen molar-refractivity contribution in [1.29, 1.82) is 5.26 Å². The molecule has 1 atom stereocenters. The summed E-state index contributed by atoms with van der Waals surface area (Å²) in [6, 6.07) is 25.8. The van der Waals surface area contributed by atoms with Gasteiger partial charge in [0.1, 0.15) is 19.0 Å². The molecule has 4 aromatic rings. The topological polar surface area (TPSA) is 98.1 Å². The van der Waals surface area contributed by atoms with Crippen molar-refractivity contribution in [2.24, 2.45) is 0 Å². The summed E-state index contributed by atoms with van der Waals surface area (Å²) in [6.45, 7) is 4.97. The van der Waals surface area contributed by atoms with E-state index in [9.17, 15) is 13.6 Å². The van der Waals surface area contributed by atoms with Crippen molar-refractivity contribution in [1.82, 2.24) is 19.8 Å². The first-order chi connectivity index (χ1) is 23.7. The minimum Gasteiger partial charge on any atom is -0.462 e. The minimum atomic E-state index is -2.73. The van der Waals surface area contributed by atoms with E-state index < -0.39 is 12.0 Å². The molecule has 2 saturated heterocycles. The Kier molecular flexibility index (Phi) is 10.4. The molecule has 49 heavy (non-hydrogen) atoms. The second-order valence-corrected chi connectivity index (χ2v) is 12.6. The number of anilines is 2. The van der Waals surface area contributed by atoms with Gasteiger partial charge in [0, 0.05) is 68.7 Å². The predicted octanol–water partition coefficient (Wildman–Crippen LogP) is 5.90. The van der Waals surface area contributed by atoms with Crippen LogP contribution in [0, 0.1) is 11.3 Å². The SMILES string of the molecule is CC#N.CN1CC(F)(F)CC1COc1nc2c(c(N3CCN(C(=O)OCc4ccccc4)CC3)n1)CCN(c1cccc3ccccc13)C2. The summed E-state index contributed by atoms with van der Waals surface area (Å²) < 4.78 is 39.8. The number of nitrogens with zero attached hydrogens (tertiary/aromatic N) is 7. The van der Waals surface area contributed by atoms with Gasteiger partial charge in [0.05, 0.1) is 24.9 Å². The number of likely N-dealkylation sites (tertiary alicyclic amines) is 1. The summed E-state index contributed by atoms with van der Waals surface area (Å²) in [5.74, 6) is -1.94. The first kappa shape index (κ1) is 33.9. The van der Waals surface area contributed by atoms with E-state index in [1.165, 1.54) is 17.7 Å². The first-order valence-electron chi connectivity index (χ1n) is 16.6. The van der Waals surface area contributed by atoms with Crippen LogP contribution in [0.3, 0.4) is 0 Å². The number of hydrogen-bond donors (Lipinski definition) is 0. The summed E-state index contributed by atoms with van der Waals surface area (Å²) in [4.78, 5) is 30.4. The molecular formula is C37H41F2N7O3. The number of fused-ring (bicyclic) bond motifs is 2. The Morgan fingerprint density at radius 1 is 0.959 bits per heavy atom. The van der Waals surface area contributed by atoms with E-state index in [1.54, 1.807) is 22.9 Å². The van der Waals surface area contributed by atoms with Crippen molar-refractivity contribution in [3.63, 3.8) is 0 Å². The zero-order valence-corrected chi connectivity index (χ0v) is 27.9. The summed E-state index contributed by atoms with van der Waals surface area (Å²) >= 11 is 0. The maximum atomic E-state index is 14.1. The number of benzene rings is 3. The third kappa shape index (κ3) is 8.00.